The zero-order valence-corrected chi connectivity index (χ0v) is 18.0. The van der Waals surface area contributed by atoms with E-state index >= 15 is 0 Å². The number of rotatable bonds is 5. The van der Waals surface area contributed by atoms with Gasteiger partial charge in [-0.15, -0.1) is 0 Å². The number of carbonyl (C=O) groups is 1. The second kappa shape index (κ2) is 8.93. The summed E-state index contributed by atoms with van der Waals surface area (Å²) < 4.78 is 33.2. The van der Waals surface area contributed by atoms with Gasteiger partial charge < -0.3 is 9.64 Å². The summed E-state index contributed by atoms with van der Waals surface area (Å²) in [7, 11) is -3.51. The normalized spacial score (nSPS) is 20.5. The van der Waals surface area contributed by atoms with Crippen LogP contribution < -0.4 is 0 Å². The van der Waals surface area contributed by atoms with Gasteiger partial charge in [0.2, 0.25) is 15.9 Å². The molecule has 2 saturated heterocycles. The first-order valence-corrected chi connectivity index (χ1v) is 11.7. The van der Waals surface area contributed by atoms with E-state index in [4.69, 9.17) is 4.74 Å². The number of hydrogen-bond donors (Lipinski definition) is 0. The van der Waals surface area contributed by atoms with Crippen LogP contribution in [0.3, 0.4) is 0 Å². The van der Waals surface area contributed by atoms with Gasteiger partial charge in [0, 0.05) is 38.7 Å². The molecule has 2 aliphatic rings. The SMILES string of the molecule is CCOC1CCN(C(=O)C2CCN(S(=O)(=O)c3ccc(C)cc3C)CC2)CC1. The molecule has 1 aromatic rings. The van der Waals surface area contributed by atoms with Crippen LogP contribution in [-0.2, 0) is 19.6 Å². The van der Waals surface area contributed by atoms with Crippen molar-refractivity contribution in [2.45, 2.75) is 57.5 Å². The molecule has 0 N–H and O–H groups in total. The predicted octanol–water partition coefficient (Wildman–Crippen LogP) is 2.73. The molecule has 156 valence electrons. The van der Waals surface area contributed by atoms with Gasteiger partial charge in [0.05, 0.1) is 11.0 Å². The van der Waals surface area contributed by atoms with Crippen LogP contribution >= 0.6 is 0 Å². The third-order valence-electron chi connectivity index (χ3n) is 5.91. The van der Waals surface area contributed by atoms with Crippen molar-refractivity contribution >= 4 is 15.9 Å². The van der Waals surface area contributed by atoms with Crippen LogP contribution in [0, 0.1) is 19.8 Å². The summed E-state index contributed by atoms with van der Waals surface area (Å²) in [6, 6.07) is 5.43. The standard InChI is InChI=1S/C21H32N2O4S/c1-4-27-19-9-11-22(12-10-19)21(24)18-7-13-23(14-8-18)28(25,26)20-6-5-16(2)15-17(20)3/h5-6,15,18-19H,4,7-14H2,1-3H3. The number of aryl methyl sites for hydroxylation is 2. The van der Waals surface area contributed by atoms with Crippen LogP contribution in [0.2, 0.25) is 0 Å². The van der Waals surface area contributed by atoms with Crippen molar-refractivity contribution in [2.75, 3.05) is 32.8 Å². The molecule has 0 aliphatic carbocycles. The Morgan fingerprint density at radius 1 is 1.07 bits per heavy atom. The maximum Gasteiger partial charge on any atom is 0.243 e. The van der Waals surface area contributed by atoms with E-state index in [2.05, 4.69) is 0 Å². The topological polar surface area (TPSA) is 66.9 Å². The van der Waals surface area contributed by atoms with E-state index in [1.54, 1.807) is 6.07 Å². The number of likely N-dealkylation sites (tertiary alicyclic amines) is 1. The molecule has 6 nitrogen and oxygen atoms in total. The van der Waals surface area contributed by atoms with Crippen LogP contribution in [0.4, 0.5) is 0 Å². The van der Waals surface area contributed by atoms with Gasteiger partial charge in [0.1, 0.15) is 0 Å². The number of amides is 1. The molecule has 0 aromatic heterocycles. The summed E-state index contributed by atoms with van der Waals surface area (Å²) >= 11 is 0. The fourth-order valence-corrected chi connectivity index (χ4v) is 5.98. The largest absolute Gasteiger partial charge is 0.378 e. The number of ether oxygens (including phenoxy) is 1. The Balaban J connectivity index is 1.57. The number of piperidine rings is 2. The van der Waals surface area contributed by atoms with E-state index < -0.39 is 10.0 Å². The molecular formula is C21H32N2O4S. The van der Waals surface area contributed by atoms with E-state index in [0.29, 0.717) is 37.4 Å². The zero-order valence-electron chi connectivity index (χ0n) is 17.2. The van der Waals surface area contributed by atoms with Crippen LogP contribution in [-0.4, -0.2) is 62.4 Å². The average Bonchev–Trinajstić information content (AvgIpc) is 2.68. The quantitative estimate of drug-likeness (QED) is 0.751. The van der Waals surface area contributed by atoms with Gasteiger partial charge in [-0.2, -0.15) is 4.31 Å². The van der Waals surface area contributed by atoms with Crippen molar-refractivity contribution in [3.63, 3.8) is 0 Å². The molecule has 1 amide bonds. The molecule has 0 saturated carbocycles. The first-order chi connectivity index (χ1) is 13.3. The Bertz CT molecular complexity index is 793. The number of hydrogen-bond acceptors (Lipinski definition) is 4. The van der Waals surface area contributed by atoms with Crippen LogP contribution in [0.1, 0.15) is 43.7 Å². The first-order valence-electron chi connectivity index (χ1n) is 10.3. The van der Waals surface area contributed by atoms with Gasteiger partial charge in [0.15, 0.2) is 0 Å². The Kier molecular flexibility index (Phi) is 6.78. The molecule has 1 aromatic carbocycles. The summed E-state index contributed by atoms with van der Waals surface area (Å²) in [6.07, 6.45) is 3.22. The van der Waals surface area contributed by atoms with Crippen molar-refractivity contribution in [3.8, 4) is 0 Å². The minimum absolute atomic E-state index is 0.0748. The summed E-state index contributed by atoms with van der Waals surface area (Å²) in [6.45, 7) is 8.79. The number of sulfonamides is 1. The monoisotopic (exact) mass is 408 g/mol. The molecule has 0 spiro atoms. The summed E-state index contributed by atoms with van der Waals surface area (Å²) in [5, 5.41) is 0. The lowest BCUT2D eigenvalue weighted by Crippen LogP contribution is -2.47. The third-order valence-corrected chi connectivity index (χ3v) is 7.97. The van der Waals surface area contributed by atoms with Crippen LogP contribution in [0.15, 0.2) is 23.1 Å². The van der Waals surface area contributed by atoms with Crippen molar-refractivity contribution in [2.24, 2.45) is 5.92 Å². The predicted molar refractivity (Wildman–Crippen MR) is 109 cm³/mol. The van der Waals surface area contributed by atoms with E-state index in [9.17, 15) is 13.2 Å². The third kappa shape index (κ3) is 4.58. The Hall–Kier alpha value is -1.44. The Labute approximate surface area is 168 Å². The molecule has 0 unspecified atom stereocenters. The summed E-state index contributed by atoms with van der Waals surface area (Å²) in [4.78, 5) is 15.2. The van der Waals surface area contributed by atoms with Crippen molar-refractivity contribution < 1.29 is 17.9 Å². The molecule has 0 radical (unpaired) electrons. The van der Waals surface area contributed by atoms with Gasteiger partial charge in [0.25, 0.3) is 0 Å². The molecule has 0 atom stereocenters. The molecule has 2 fully saturated rings. The highest BCUT2D eigenvalue weighted by Gasteiger charge is 2.35. The van der Waals surface area contributed by atoms with E-state index in [1.807, 2.05) is 37.8 Å². The maximum atomic E-state index is 13.0. The summed E-state index contributed by atoms with van der Waals surface area (Å²) in [5.41, 5.74) is 1.82. The van der Waals surface area contributed by atoms with Gasteiger partial charge in [-0.05, 0) is 58.1 Å². The second-order valence-electron chi connectivity index (χ2n) is 7.93. The fraction of sp³-hybridized carbons (Fsp3) is 0.667. The fourth-order valence-electron chi connectivity index (χ4n) is 4.31. The average molecular weight is 409 g/mol. The van der Waals surface area contributed by atoms with Gasteiger partial charge in [-0.1, -0.05) is 17.7 Å². The second-order valence-corrected chi connectivity index (χ2v) is 9.83. The molecule has 3 rings (SSSR count). The highest BCUT2D eigenvalue weighted by Crippen LogP contribution is 2.28. The van der Waals surface area contributed by atoms with E-state index in [0.717, 1.165) is 37.1 Å². The van der Waals surface area contributed by atoms with Crippen LogP contribution in [0.25, 0.3) is 0 Å². The molecule has 2 heterocycles. The van der Waals surface area contributed by atoms with Crippen molar-refractivity contribution in [1.29, 1.82) is 0 Å². The lowest BCUT2D eigenvalue weighted by atomic mass is 9.95. The number of carbonyl (C=O) groups excluding carboxylic acids is 1. The van der Waals surface area contributed by atoms with Gasteiger partial charge in [-0.25, -0.2) is 8.42 Å². The number of nitrogens with zero attached hydrogens (tertiary/aromatic N) is 2. The molecule has 7 heteroatoms. The Morgan fingerprint density at radius 3 is 2.29 bits per heavy atom. The highest BCUT2D eigenvalue weighted by molar-refractivity contribution is 7.89. The van der Waals surface area contributed by atoms with Crippen LogP contribution in [0.5, 0.6) is 0 Å². The van der Waals surface area contributed by atoms with E-state index in [1.165, 1.54) is 4.31 Å². The molecule has 28 heavy (non-hydrogen) atoms. The lowest BCUT2D eigenvalue weighted by molar-refractivity contribution is -0.139. The minimum Gasteiger partial charge on any atom is -0.378 e. The number of benzene rings is 1. The molecule has 0 bridgehead atoms. The van der Waals surface area contributed by atoms with Gasteiger partial charge in [-0.3, -0.25) is 4.79 Å². The lowest BCUT2D eigenvalue weighted by Gasteiger charge is -2.37. The van der Waals surface area contributed by atoms with Crippen molar-refractivity contribution in [3.05, 3.63) is 29.3 Å². The van der Waals surface area contributed by atoms with E-state index in [-0.39, 0.29) is 17.9 Å². The van der Waals surface area contributed by atoms with Gasteiger partial charge >= 0.3 is 0 Å². The Morgan fingerprint density at radius 2 is 1.71 bits per heavy atom. The first kappa shape index (κ1) is 21.3. The molecule has 2 aliphatic heterocycles. The molecular weight excluding hydrogens is 376 g/mol. The van der Waals surface area contributed by atoms with Crippen molar-refractivity contribution in [1.82, 2.24) is 9.21 Å². The minimum atomic E-state index is -3.51. The smallest absolute Gasteiger partial charge is 0.243 e. The maximum absolute atomic E-state index is 13.0. The highest BCUT2D eigenvalue weighted by atomic mass is 32.2. The summed E-state index contributed by atoms with van der Waals surface area (Å²) in [5.74, 6) is 0.104. The zero-order chi connectivity index (χ0) is 20.3.